The van der Waals surface area contributed by atoms with Crippen LogP contribution in [0.5, 0.6) is 0 Å². The average Bonchev–Trinajstić information content (AvgIpc) is 2.01. The number of rotatable bonds is 6. The summed E-state index contributed by atoms with van der Waals surface area (Å²) in [5.41, 5.74) is -0.223. The fourth-order valence-electron chi connectivity index (χ4n) is 1.55. The lowest BCUT2D eigenvalue weighted by molar-refractivity contribution is -0.126. The lowest BCUT2D eigenvalue weighted by Gasteiger charge is -2.34. The Hall–Kier alpha value is -0.370. The number of carbonyl (C=O) groups is 1. The van der Waals surface area contributed by atoms with Crippen molar-refractivity contribution in [2.45, 2.75) is 54.5 Å². The molecular formula is C13H27NO. The lowest BCUT2D eigenvalue weighted by Crippen LogP contribution is -2.43. The van der Waals surface area contributed by atoms with Crippen molar-refractivity contribution in [1.82, 2.24) is 4.90 Å². The van der Waals surface area contributed by atoms with Gasteiger partial charge in [-0.05, 0) is 26.7 Å². The molecule has 0 heterocycles. The standard InChI is InChI=1S/C13H27NO/c1-10(2)8-14(11(3)4)9-13(6,7)12(5)15/h10-11H,8-9H2,1-7H3. The van der Waals surface area contributed by atoms with Gasteiger partial charge in [0.2, 0.25) is 0 Å². The van der Waals surface area contributed by atoms with E-state index in [1.54, 1.807) is 6.92 Å². The Morgan fingerprint density at radius 3 is 1.93 bits per heavy atom. The molecular weight excluding hydrogens is 186 g/mol. The van der Waals surface area contributed by atoms with Crippen molar-refractivity contribution in [3.8, 4) is 0 Å². The molecule has 0 aromatic heterocycles. The minimum absolute atomic E-state index is 0.223. The van der Waals surface area contributed by atoms with Gasteiger partial charge >= 0.3 is 0 Å². The Morgan fingerprint density at radius 2 is 1.67 bits per heavy atom. The van der Waals surface area contributed by atoms with E-state index >= 15 is 0 Å². The van der Waals surface area contributed by atoms with Crippen molar-refractivity contribution >= 4 is 5.78 Å². The molecule has 15 heavy (non-hydrogen) atoms. The highest BCUT2D eigenvalue weighted by Crippen LogP contribution is 2.20. The first-order valence-electron chi connectivity index (χ1n) is 5.92. The van der Waals surface area contributed by atoms with E-state index in [2.05, 4.69) is 32.6 Å². The molecule has 0 saturated heterocycles. The number of carbonyl (C=O) groups excluding carboxylic acids is 1. The van der Waals surface area contributed by atoms with Crippen molar-refractivity contribution in [2.24, 2.45) is 11.3 Å². The number of Topliss-reactive ketones (excluding diaryl/α,β-unsaturated/α-hetero) is 1. The minimum atomic E-state index is -0.223. The SMILES string of the molecule is CC(=O)C(C)(C)CN(CC(C)C)C(C)C. The summed E-state index contributed by atoms with van der Waals surface area (Å²) in [6, 6.07) is 0.506. The van der Waals surface area contributed by atoms with E-state index < -0.39 is 0 Å². The molecule has 0 aliphatic heterocycles. The van der Waals surface area contributed by atoms with Crippen LogP contribution in [0.1, 0.15) is 48.5 Å². The van der Waals surface area contributed by atoms with Crippen LogP contribution in [0.2, 0.25) is 0 Å². The Morgan fingerprint density at radius 1 is 1.20 bits per heavy atom. The molecule has 0 radical (unpaired) electrons. The van der Waals surface area contributed by atoms with Crippen LogP contribution in [-0.4, -0.2) is 29.8 Å². The largest absolute Gasteiger partial charge is 0.300 e. The van der Waals surface area contributed by atoms with Crippen LogP contribution in [-0.2, 0) is 4.79 Å². The van der Waals surface area contributed by atoms with Crippen LogP contribution >= 0.6 is 0 Å². The summed E-state index contributed by atoms with van der Waals surface area (Å²) in [5, 5.41) is 0. The van der Waals surface area contributed by atoms with Gasteiger partial charge in [-0.2, -0.15) is 0 Å². The molecule has 0 aromatic carbocycles. The molecule has 0 aliphatic rings. The van der Waals surface area contributed by atoms with Crippen LogP contribution in [0.15, 0.2) is 0 Å². The number of hydrogen-bond acceptors (Lipinski definition) is 2. The Balaban J connectivity index is 4.47. The molecule has 0 fully saturated rings. The van der Waals surface area contributed by atoms with Gasteiger partial charge in [-0.1, -0.05) is 27.7 Å². The smallest absolute Gasteiger partial charge is 0.136 e. The quantitative estimate of drug-likeness (QED) is 0.676. The molecule has 0 unspecified atom stereocenters. The maximum atomic E-state index is 11.5. The Kier molecular flexibility index (Phi) is 5.50. The fraction of sp³-hybridized carbons (Fsp3) is 0.923. The minimum Gasteiger partial charge on any atom is -0.300 e. The predicted molar refractivity (Wildman–Crippen MR) is 66.0 cm³/mol. The van der Waals surface area contributed by atoms with E-state index in [1.807, 2.05) is 13.8 Å². The molecule has 0 bridgehead atoms. The van der Waals surface area contributed by atoms with Crippen molar-refractivity contribution in [1.29, 1.82) is 0 Å². The van der Waals surface area contributed by atoms with E-state index in [-0.39, 0.29) is 11.2 Å². The zero-order valence-electron chi connectivity index (χ0n) is 11.4. The molecule has 90 valence electrons. The van der Waals surface area contributed by atoms with Gasteiger partial charge < -0.3 is 0 Å². The first kappa shape index (κ1) is 14.6. The highest BCUT2D eigenvalue weighted by molar-refractivity contribution is 5.81. The molecule has 0 saturated carbocycles. The zero-order chi connectivity index (χ0) is 12.2. The van der Waals surface area contributed by atoms with Gasteiger partial charge in [-0.15, -0.1) is 0 Å². The fourth-order valence-corrected chi connectivity index (χ4v) is 1.55. The van der Waals surface area contributed by atoms with E-state index in [9.17, 15) is 4.79 Å². The highest BCUT2D eigenvalue weighted by atomic mass is 16.1. The summed E-state index contributed by atoms with van der Waals surface area (Å²) in [5.74, 6) is 0.923. The summed E-state index contributed by atoms with van der Waals surface area (Å²) in [6.45, 7) is 16.5. The van der Waals surface area contributed by atoms with Gasteiger partial charge in [0.25, 0.3) is 0 Å². The first-order chi connectivity index (χ1) is 6.66. The van der Waals surface area contributed by atoms with Crippen LogP contribution in [0.25, 0.3) is 0 Å². The Bertz CT molecular complexity index is 207. The number of ketones is 1. The number of nitrogens with zero attached hydrogens (tertiary/aromatic N) is 1. The van der Waals surface area contributed by atoms with Gasteiger partial charge in [0.15, 0.2) is 0 Å². The second-order valence-electron chi connectivity index (χ2n) is 5.86. The molecule has 0 rings (SSSR count). The van der Waals surface area contributed by atoms with E-state index in [4.69, 9.17) is 0 Å². The monoisotopic (exact) mass is 213 g/mol. The molecule has 2 nitrogen and oxygen atoms in total. The van der Waals surface area contributed by atoms with Gasteiger partial charge in [0.05, 0.1) is 0 Å². The van der Waals surface area contributed by atoms with Crippen molar-refractivity contribution < 1.29 is 4.79 Å². The van der Waals surface area contributed by atoms with Crippen molar-refractivity contribution in [3.63, 3.8) is 0 Å². The summed E-state index contributed by atoms with van der Waals surface area (Å²) >= 11 is 0. The second-order valence-corrected chi connectivity index (χ2v) is 5.86. The maximum Gasteiger partial charge on any atom is 0.136 e. The van der Waals surface area contributed by atoms with E-state index in [0.29, 0.717) is 12.0 Å². The number of hydrogen-bond donors (Lipinski definition) is 0. The molecule has 0 aliphatic carbocycles. The van der Waals surface area contributed by atoms with E-state index in [0.717, 1.165) is 13.1 Å². The second kappa shape index (κ2) is 5.64. The third kappa shape index (κ3) is 5.31. The summed E-state index contributed by atoms with van der Waals surface area (Å²) in [7, 11) is 0. The topological polar surface area (TPSA) is 20.3 Å². The first-order valence-corrected chi connectivity index (χ1v) is 5.92. The van der Waals surface area contributed by atoms with Crippen LogP contribution in [0.4, 0.5) is 0 Å². The summed E-state index contributed by atoms with van der Waals surface area (Å²) in [6.07, 6.45) is 0. The van der Waals surface area contributed by atoms with Crippen LogP contribution in [0.3, 0.4) is 0 Å². The predicted octanol–water partition coefficient (Wildman–Crippen LogP) is 2.97. The average molecular weight is 213 g/mol. The van der Waals surface area contributed by atoms with Crippen molar-refractivity contribution in [2.75, 3.05) is 13.1 Å². The normalized spacial score (nSPS) is 12.9. The molecule has 0 aromatic rings. The third-order valence-corrected chi connectivity index (χ3v) is 2.88. The summed E-state index contributed by atoms with van der Waals surface area (Å²) < 4.78 is 0. The molecule has 0 atom stereocenters. The maximum absolute atomic E-state index is 11.5. The van der Waals surface area contributed by atoms with Gasteiger partial charge in [-0.25, -0.2) is 0 Å². The molecule has 0 N–H and O–H groups in total. The lowest BCUT2D eigenvalue weighted by atomic mass is 9.87. The molecule has 0 amide bonds. The molecule has 0 spiro atoms. The van der Waals surface area contributed by atoms with Gasteiger partial charge in [0.1, 0.15) is 5.78 Å². The van der Waals surface area contributed by atoms with E-state index in [1.165, 1.54) is 0 Å². The summed E-state index contributed by atoms with van der Waals surface area (Å²) in [4.78, 5) is 13.9. The highest BCUT2D eigenvalue weighted by Gasteiger charge is 2.27. The molecule has 2 heteroatoms. The third-order valence-electron chi connectivity index (χ3n) is 2.88. The van der Waals surface area contributed by atoms with Crippen LogP contribution < -0.4 is 0 Å². The van der Waals surface area contributed by atoms with Crippen LogP contribution in [0, 0.1) is 11.3 Å². The van der Waals surface area contributed by atoms with Gasteiger partial charge in [0, 0.05) is 24.5 Å². The Labute approximate surface area is 95.0 Å². The zero-order valence-corrected chi connectivity index (χ0v) is 11.4. The van der Waals surface area contributed by atoms with Gasteiger partial charge in [-0.3, -0.25) is 9.69 Å². The van der Waals surface area contributed by atoms with Crippen molar-refractivity contribution in [3.05, 3.63) is 0 Å².